The van der Waals surface area contributed by atoms with Gasteiger partial charge in [0.05, 0.1) is 18.9 Å². The molecule has 0 amide bonds. The molecule has 7 heteroatoms. The van der Waals surface area contributed by atoms with Gasteiger partial charge in [-0.05, 0) is 25.3 Å². The van der Waals surface area contributed by atoms with Crippen LogP contribution in [-0.4, -0.2) is 46.2 Å². The largest absolute Gasteiger partial charge is 0.378 e. The van der Waals surface area contributed by atoms with Gasteiger partial charge in [-0.1, -0.05) is 19.8 Å². The molecule has 1 fully saturated rings. The van der Waals surface area contributed by atoms with Crippen molar-refractivity contribution in [1.82, 2.24) is 19.9 Å². The molecule has 2 aromatic heterocycles. The molecule has 7 nitrogen and oxygen atoms in total. The molecule has 0 spiro atoms. The lowest BCUT2D eigenvalue weighted by Gasteiger charge is -2.28. The molecular formula is C18H26N6O. The number of ether oxygens (including phenoxy) is 1. The topological polar surface area (TPSA) is 90.0 Å². The van der Waals surface area contributed by atoms with Crippen molar-refractivity contribution in [2.24, 2.45) is 0 Å². The van der Waals surface area contributed by atoms with Gasteiger partial charge in [0.1, 0.15) is 0 Å². The van der Waals surface area contributed by atoms with Gasteiger partial charge in [0, 0.05) is 36.7 Å². The van der Waals surface area contributed by atoms with Crippen molar-refractivity contribution in [2.75, 3.05) is 36.9 Å². The molecule has 25 heavy (non-hydrogen) atoms. The van der Waals surface area contributed by atoms with Crippen molar-refractivity contribution >= 4 is 11.9 Å². The molecule has 0 bridgehead atoms. The lowest BCUT2D eigenvalue weighted by molar-refractivity contribution is 0.122. The summed E-state index contributed by atoms with van der Waals surface area (Å²) in [6.07, 6.45) is 7.96. The van der Waals surface area contributed by atoms with E-state index in [0.717, 1.165) is 48.8 Å². The van der Waals surface area contributed by atoms with E-state index in [9.17, 15) is 0 Å². The smallest absolute Gasteiger partial charge is 0.226 e. The highest BCUT2D eigenvalue weighted by molar-refractivity contribution is 5.64. The summed E-state index contributed by atoms with van der Waals surface area (Å²) >= 11 is 0. The minimum absolute atomic E-state index is 0.274. The average molecular weight is 342 g/mol. The number of nitrogens with two attached hydrogens (primary N) is 1. The van der Waals surface area contributed by atoms with E-state index < -0.39 is 0 Å². The van der Waals surface area contributed by atoms with Crippen LogP contribution in [0.4, 0.5) is 11.9 Å². The van der Waals surface area contributed by atoms with Crippen molar-refractivity contribution in [2.45, 2.75) is 39.5 Å². The SMILES string of the molecule is CCCCCc1c(C)nc(N2CCOCC2)nc1-c1cnc(N)nc1. The monoisotopic (exact) mass is 342 g/mol. The Bertz CT molecular complexity index is 697. The van der Waals surface area contributed by atoms with Crippen LogP contribution in [0.5, 0.6) is 0 Å². The third-order valence-corrected chi connectivity index (χ3v) is 4.47. The molecule has 3 heterocycles. The molecule has 134 valence electrons. The number of nitrogens with zero attached hydrogens (tertiary/aromatic N) is 5. The molecule has 0 radical (unpaired) electrons. The number of aromatic nitrogens is 4. The summed E-state index contributed by atoms with van der Waals surface area (Å²) in [5.41, 5.74) is 9.66. The first-order valence-corrected chi connectivity index (χ1v) is 8.97. The molecular weight excluding hydrogens is 316 g/mol. The Hall–Kier alpha value is -2.28. The second kappa shape index (κ2) is 8.20. The molecule has 1 saturated heterocycles. The lowest BCUT2D eigenvalue weighted by atomic mass is 10.0. The van der Waals surface area contributed by atoms with Crippen LogP contribution in [0.15, 0.2) is 12.4 Å². The van der Waals surface area contributed by atoms with Crippen molar-refractivity contribution in [1.29, 1.82) is 0 Å². The Kier molecular flexibility index (Phi) is 5.75. The zero-order chi connectivity index (χ0) is 17.6. The minimum Gasteiger partial charge on any atom is -0.378 e. The molecule has 2 aromatic rings. The van der Waals surface area contributed by atoms with Gasteiger partial charge in [-0.15, -0.1) is 0 Å². The van der Waals surface area contributed by atoms with E-state index in [0.29, 0.717) is 13.2 Å². The second-order valence-corrected chi connectivity index (χ2v) is 6.32. The number of anilines is 2. The van der Waals surface area contributed by atoms with E-state index >= 15 is 0 Å². The summed E-state index contributed by atoms with van der Waals surface area (Å²) < 4.78 is 5.44. The van der Waals surface area contributed by atoms with Crippen LogP contribution < -0.4 is 10.6 Å². The fraction of sp³-hybridized carbons (Fsp3) is 0.556. The minimum atomic E-state index is 0.274. The van der Waals surface area contributed by atoms with Gasteiger partial charge in [0.2, 0.25) is 11.9 Å². The third-order valence-electron chi connectivity index (χ3n) is 4.47. The number of hydrogen-bond acceptors (Lipinski definition) is 7. The number of rotatable bonds is 6. The normalized spacial score (nSPS) is 14.7. The second-order valence-electron chi connectivity index (χ2n) is 6.32. The van der Waals surface area contributed by atoms with E-state index in [1.54, 1.807) is 12.4 Å². The Morgan fingerprint density at radius 1 is 1.12 bits per heavy atom. The van der Waals surface area contributed by atoms with E-state index in [4.69, 9.17) is 20.4 Å². The average Bonchev–Trinajstić information content (AvgIpc) is 2.64. The van der Waals surface area contributed by atoms with Gasteiger partial charge in [0.25, 0.3) is 0 Å². The van der Waals surface area contributed by atoms with Crippen LogP contribution in [0.1, 0.15) is 37.4 Å². The van der Waals surface area contributed by atoms with E-state index in [1.165, 1.54) is 18.4 Å². The summed E-state index contributed by atoms with van der Waals surface area (Å²) in [5, 5.41) is 0. The predicted octanol–water partition coefficient (Wildman–Crippen LogP) is 2.39. The van der Waals surface area contributed by atoms with E-state index in [2.05, 4.69) is 28.7 Å². The maximum atomic E-state index is 5.64. The van der Waals surface area contributed by atoms with Crippen LogP contribution in [0, 0.1) is 6.92 Å². The van der Waals surface area contributed by atoms with Crippen LogP contribution in [0.25, 0.3) is 11.3 Å². The van der Waals surface area contributed by atoms with Crippen molar-refractivity contribution in [3.05, 3.63) is 23.7 Å². The van der Waals surface area contributed by atoms with Gasteiger partial charge >= 0.3 is 0 Å². The van der Waals surface area contributed by atoms with Crippen LogP contribution in [0.2, 0.25) is 0 Å². The van der Waals surface area contributed by atoms with Crippen LogP contribution in [-0.2, 0) is 11.2 Å². The summed E-state index contributed by atoms with van der Waals surface area (Å²) in [6.45, 7) is 7.31. The van der Waals surface area contributed by atoms with Gasteiger partial charge in [0.15, 0.2) is 0 Å². The molecule has 0 unspecified atom stereocenters. The number of morpholine rings is 1. The Balaban J connectivity index is 1.99. The van der Waals surface area contributed by atoms with E-state index in [-0.39, 0.29) is 5.95 Å². The molecule has 1 aliphatic heterocycles. The molecule has 0 atom stereocenters. The third kappa shape index (κ3) is 4.22. The molecule has 0 aromatic carbocycles. The number of unbranched alkanes of at least 4 members (excludes halogenated alkanes) is 2. The number of hydrogen-bond donors (Lipinski definition) is 1. The van der Waals surface area contributed by atoms with Crippen LogP contribution in [0.3, 0.4) is 0 Å². The maximum Gasteiger partial charge on any atom is 0.226 e. The Morgan fingerprint density at radius 2 is 1.84 bits per heavy atom. The standard InChI is InChI=1S/C18H26N6O/c1-3-4-5-6-15-13(2)22-18(24-7-9-25-10-8-24)23-16(15)14-11-20-17(19)21-12-14/h11-12H,3-10H2,1-2H3,(H2,19,20,21). The van der Waals surface area contributed by atoms with Crippen molar-refractivity contribution < 1.29 is 4.74 Å². The molecule has 3 rings (SSSR count). The number of nitrogen functional groups attached to an aromatic ring is 1. The Labute approximate surface area is 148 Å². The zero-order valence-corrected chi connectivity index (χ0v) is 15.0. The highest BCUT2D eigenvalue weighted by Gasteiger charge is 2.19. The fourth-order valence-corrected chi connectivity index (χ4v) is 3.04. The number of aryl methyl sites for hydroxylation is 1. The summed E-state index contributed by atoms with van der Waals surface area (Å²) in [6, 6.07) is 0. The van der Waals surface area contributed by atoms with Crippen LogP contribution >= 0.6 is 0 Å². The summed E-state index contributed by atoms with van der Waals surface area (Å²) in [5.74, 6) is 1.03. The molecule has 0 aliphatic carbocycles. The fourth-order valence-electron chi connectivity index (χ4n) is 3.04. The van der Waals surface area contributed by atoms with Crippen molar-refractivity contribution in [3.63, 3.8) is 0 Å². The molecule has 0 saturated carbocycles. The van der Waals surface area contributed by atoms with Gasteiger partial charge in [-0.3, -0.25) is 0 Å². The first-order valence-electron chi connectivity index (χ1n) is 8.97. The Morgan fingerprint density at radius 3 is 2.52 bits per heavy atom. The summed E-state index contributed by atoms with van der Waals surface area (Å²) in [4.78, 5) is 20.1. The van der Waals surface area contributed by atoms with Gasteiger partial charge in [-0.25, -0.2) is 19.9 Å². The zero-order valence-electron chi connectivity index (χ0n) is 15.0. The van der Waals surface area contributed by atoms with E-state index in [1.807, 2.05) is 0 Å². The van der Waals surface area contributed by atoms with Gasteiger partial charge in [-0.2, -0.15) is 0 Å². The first kappa shape index (κ1) is 17.5. The maximum absolute atomic E-state index is 5.64. The highest BCUT2D eigenvalue weighted by Crippen LogP contribution is 2.27. The molecule has 2 N–H and O–H groups in total. The first-order chi connectivity index (χ1) is 12.2. The lowest BCUT2D eigenvalue weighted by Crippen LogP contribution is -2.37. The quantitative estimate of drug-likeness (QED) is 0.806. The highest BCUT2D eigenvalue weighted by atomic mass is 16.5. The summed E-state index contributed by atoms with van der Waals surface area (Å²) in [7, 11) is 0. The molecule has 1 aliphatic rings. The van der Waals surface area contributed by atoms with Gasteiger partial charge < -0.3 is 15.4 Å². The predicted molar refractivity (Wildman–Crippen MR) is 98.5 cm³/mol. The van der Waals surface area contributed by atoms with Crippen molar-refractivity contribution in [3.8, 4) is 11.3 Å².